The van der Waals surface area contributed by atoms with Gasteiger partial charge >= 0.3 is 0 Å². The average Bonchev–Trinajstić information content (AvgIpc) is 3.11. The Labute approximate surface area is 164 Å². The van der Waals surface area contributed by atoms with E-state index in [0.717, 1.165) is 4.47 Å². The van der Waals surface area contributed by atoms with Crippen molar-refractivity contribution in [1.29, 1.82) is 0 Å². The topological polar surface area (TPSA) is 111 Å². The van der Waals surface area contributed by atoms with Gasteiger partial charge in [-0.2, -0.15) is 0 Å². The van der Waals surface area contributed by atoms with Gasteiger partial charge in [0.25, 0.3) is 11.8 Å². The normalized spacial score (nSPS) is 12.5. The molecule has 0 fully saturated rings. The van der Waals surface area contributed by atoms with Gasteiger partial charge in [-0.25, -0.2) is 0 Å². The van der Waals surface area contributed by atoms with Crippen molar-refractivity contribution in [3.63, 3.8) is 0 Å². The van der Waals surface area contributed by atoms with Gasteiger partial charge in [0, 0.05) is 16.1 Å². The maximum atomic E-state index is 12.6. The van der Waals surface area contributed by atoms with Crippen molar-refractivity contribution in [1.82, 2.24) is 10.6 Å². The van der Waals surface area contributed by atoms with E-state index >= 15 is 0 Å². The van der Waals surface area contributed by atoms with Crippen molar-refractivity contribution in [3.05, 3.63) is 64.2 Å². The lowest BCUT2D eigenvalue weighted by molar-refractivity contribution is -0.309. The Morgan fingerprint density at radius 2 is 1.81 bits per heavy atom. The smallest absolute Gasteiger partial charge is 0.268 e. The maximum absolute atomic E-state index is 12.6. The van der Waals surface area contributed by atoms with E-state index in [2.05, 4.69) is 26.6 Å². The van der Waals surface area contributed by atoms with Crippen molar-refractivity contribution in [2.75, 3.05) is 0 Å². The van der Waals surface area contributed by atoms with Crippen LogP contribution in [0.3, 0.4) is 0 Å². The second kappa shape index (κ2) is 9.18. The highest BCUT2D eigenvalue weighted by Gasteiger charge is 2.21. The van der Waals surface area contributed by atoms with Crippen LogP contribution in [0.25, 0.3) is 6.08 Å². The van der Waals surface area contributed by atoms with Crippen LogP contribution in [0, 0.1) is 5.92 Å². The van der Waals surface area contributed by atoms with Crippen LogP contribution in [-0.2, 0) is 9.59 Å². The largest absolute Gasteiger partial charge is 0.548 e. The molecule has 0 saturated heterocycles. The Kier molecular flexibility index (Phi) is 6.95. The summed E-state index contributed by atoms with van der Waals surface area (Å²) < 4.78 is 5.98. The van der Waals surface area contributed by atoms with Gasteiger partial charge < -0.3 is 25.0 Å². The fourth-order valence-electron chi connectivity index (χ4n) is 2.19. The standard InChI is InChI=1S/C19H19BrN2O5/c1-11(2)16(19(25)26)22-18(24)15(10-14-4-3-9-27-14)21-17(23)12-5-7-13(20)8-6-12/h3-11,16H,1-2H3,(H,21,23)(H,22,24)(H,25,26)/p-1/b15-10-/t16-/m1/s1. The minimum Gasteiger partial charge on any atom is -0.548 e. The third kappa shape index (κ3) is 5.82. The Hall–Kier alpha value is -2.87. The number of furan rings is 1. The van der Waals surface area contributed by atoms with Gasteiger partial charge in [0.05, 0.1) is 18.3 Å². The molecule has 0 spiro atoms. The van der Waals surface area contributed by atoms with Crippen LogP contribution in [-0.4, -0.2) is 23.8 Å². The molecule has 0 bridgehead atoms. The van der Waals surface area contributed by atoms with E-state index in [1.807, 2.05) is 0 Å². The van der Waals surface area contributed by atoms with Gasteiger partial charge in [-0.3, -0.25) is 9.59 Å². The summed E-state index contributed by atoms with van der Waals surface area (Å²) in [5, 5.41) is 16.1. The number of nitrogens with one attached hydrogen (secondary N) is 2. The molecule has 1 aromatic heterocycles. The number of halogens is 1. The highest BCUT2D eigenvalue weighted by atomic mass is 79.9. The molecule has 0 aliphatic heterocycles. The first kappa shape index (κ1) is 20.4. The number of benzene rings is 1. The number of rotatable bonds is 7. The zero-order valence-corrected chi connectivity index (χ0v) is 16.3. The van der Waals surface area contributed by atoms with Crippen molar-refractivity contribution >= 4 is 39.8 Å². The monoisotopic (exact) mass is 433 g/mol. The van der Waals surface area contributed by atoms with Gasteiger partial charge in [-0.1, -0.05) is 29.8 Å². The molecule has 2 N–H and O–H groups in total. The molecule has 1 heterocycles. The predicted molar refractivity (Wildman–Crippen MR) is 100 cm³/mol. The SMILES string of the molecule is CC(C)[C@@H](NC(=O)/C(=C/c1ccco1)NC(=O)c1ccc(Br)cc1)C(=O)[O-]. The molecule has 1 atom stereocenters. The van der Waals surface area contributed by atoms with E-state index in [1.54, 1.807) is 50.2 Å². The van der Waals surface area contributed by atoms with Crippen molar-refractivity contribution in [2.45, 2.75) is 19.9 Å². The second-order valence-electron chi connectivity index (χ2n) is 6.05. The lowest BCUT2D eigenvalue weighted by Gasteiger charge is -2.24. The summed E-state index contributed by atoms with van der Waals surface area (Å²) in [6, 6.07) is 8.56. The van der Waals surface area contributed by atoms with Gasteiger partial charge in [0.1, 0.15) is 11.5 Å². The Morgan fingerprint density at radius 1 is 1.15 bits per heavy atom. The van der Waals surface area contributed by atoms with Crippen molar-refractivity contribution in [3.8, 4) is 0 Å². The van der Waals surface area contributed by atoms with Crippen LogP contribution in [0.5, 0.6) is 0 Å². The van der Waals surface area contributed by atoms with Gasteiger partial charge in [-0.05, 0) is 42.3 Å². The van der Waals surface area contributed by atoms with E-state index in [1.165, 1.54) is 12.3 Å². The summed E-state index contributed by atoms with van der Waals surface area (Å²) in [6.07, 6.45) is 2.73. The fraction of sp³-hybridized carbons (Fsp3) is 0.211. The van der Waals surface area contributed by atoms with Gasteiger partial charge in [0.15, 0.2) is 0 Å². The molecule has 0 aliphatic carbocycles. The molecular formula is C19H18BrN2O5-. The molecule has 0 radical (unpaired) electrons. The molecule has 0 saturated carbocycles. The number of carbonyl (C=O) groups is 3. The first-order chi connectivity index (χ1) is 12.8. The van der Waals surface area contributed by atoms with Crippen LogP contribution in [0.4, 0.5) is 0 Å². The number of carboxylic acids is 1. The number of hydrogen-bond donors (Lipinski definition) is 2. The van der Waals surface area contributed by atoms with E-state index in [4.69, 9.17) is 4.42 Å². The lowest BCUT2D eigenvalue weighted by Crippen LogP contribution is -2.52. The third-order valence-corrected chi connectivity index (χ3v) is 4.16. The summed E-state index contributed by atoms with van der Waals surface area (Å²) >= 11 is 3.28. The number of carboxylic acid groups (broad SMARTS) is 1. The molecule has 7 nitrogen and oxygen atoms in total. The first-order valence-corrected chi connectivity index (χ1v) is 8.91. The molecule has 1 aromatic carbocycles. The van der Waals surface area contributed by atoms with Gasteiger partial charge in [0.2, 0.25) is 0 Å². The second-order valence-corrected chi connectivity index (χ2v) is 6.96. The average molecular weight is 434 g/mol. The van der Waals surface area contributed by atoms with Crippen LogP contribution < -0.4 is 15.7 Å². The minimum absolute atomic E-state index is 0.148. The summed E-state index contributed by atoms with van der Waals surface area (Å²) in [5.41, 5.74) is 0.182. The molecule has 2 amide bonds. The van der Waals surface area contributed by atoms with E-state index in [0.29, 0.717) is 11.3 Å². The van der Waals surface area contributed by atoms with Crippen molar-refractivity contribution < 1.29 is 23.9 Å². The van der Waals surface area contributed by atoms with E-state index in [9.17, 15) is 19.5 Å². The zero-order chi connectivity index (χ0) is 20.0. The molecule has 142 valence electrons. The molecule has 2 aromatic rings. The van der Waals surface area contributed by atoms with Crippen LogP contribution in [0.2, 0.25) is 0 Å². The van der Waals surface area contributed by atoms with E-state index in [-0.39, 0.29) is 5.70 Å². The molecule has 0 unspecified atom stereocenters. The van der Waals surface area contributed by atoms with Crippen molar-refractivity contribution in [2.24, 2.45) is 5.92 Å². The zero-order valence-electron chi connectivity index (χ0n) is 14.7. The third-order valence-electron chi connectivity index (χ3n) is 3.64. The number of carbonyl (C=O) groups excluding carboxylic acids is 3. The highest BCUT2D eigenvalue weighted by molar-refractivity contribution is 9.10. The number of aliphatic carboxylic acids is 1. The predicted octanol–water partition coefficient (Wildman–Crippen LogP) is 1.70. The lowest BCUT2D eigenvalue weighted by atomic mass is 10.0. The number of hydrogen-bond acceptors (Lipinski definition) is 5. The summed E-state index contributed by atoms with van der Waals surface area (Å²) in [5.74, 6) is -2.77. The first-order valence-electron chi connectivity index (χ1n) is 8.11. The molecule has 2 rings (SSSR count). The van der Waals surface area contributed by atoms with Crippen LogP contribution in [0.15, 0.2) is 57.2 Å². The molecule has 27 heavy (non-hydrogen) atoms. The summed E-state index contributed by atoms with van der Waals surface area (Å²) in [6.45, 7) is 3.27. The van der Waals surface area contributed by atoms with Crippen LogP contribution >= 0.6 is 15.9 Å². The number of amides is 2. The molecule has 8 heteroatoms. The Morgan fingerprint density at radius 3 is 2.33 bits per heavy atom. The summed E-state index contributed by atoms with van der Waals surface area (Å²) in [7, 11) is 0. The van der Waals surface area contributed by atoms with E-state index < -0.39 is 29.7 Å². The quantitative estimate of drug-likeness (QED) is 0.645. The Bertz CT molecular complexity index is 841. The summed E-state index contributed by atoms with van der Waals surface area (Å²) in [4.78, 5) is 36.3. The van der Waals surface area contributed by atoms with Crippen LogP contribution in [0.1, 0.15) is 30.0 Å². The van der Waals surface area contributed by atoms with Gasteiger partial charge in [-0.15, -0.1) is 0 Å². The highest BCUT2D eigenvalue weighted by Crippen LogP contribution is 2.12. The Balaban J connectivity index is 2.26. The molecular weight excluding hydrogens is 416 g/mol. The fourth-order valence-corrected chi connectivity index (χ4v) is 2.45. The minimum atomic E-state index is -1.41. The molecule has 0 aliphatic rings. The maximum Gasteiger partial charge on any atom is 0.268 e.